The molecule has 0 aliphatic heterocycles. The molecule has 2 N–H and O–H groups in total. The first-order chi connectivity index (χ1) is 12.0. The van der Waals surface area contributed by atoms with Crippen LogP contribution in [-0.4, -0.2) is 48.5 Å². The summed E-state index contributed by atoms with van der Waals surface area (Å²) in [7, 11) is 0. The summed E-state index contributed by atoms with van der Waals surface area (Å²) in [6.45, 7) is -0.340. The largest absolute Gasteiger partial charge is 0.454 e. The highest BCUT2D eigenvalue weighted by molar-refractivity contribution is 7.98. The van der Waals surface area contributed by atoms with Crippen molar-refractivity contribution in [1.29, 1.82) is 0 Å². The third-order valence-corrected chi connectivity index (χ3v) is 4.58. The third kappa shape index (κ3) is 6.59. The zero-order valence-electron chi connectivity index (χ0n) is 13.9. The summed E-state index contributed by atoms with van der Waals surface area (Å²) in [6, 6.07) is 5.98. The normalized spacial score (nSPS) is 14.5. The molecule has 2 amide bonds. The molecule has 0 saturated heterocycles. The maximum absolute atomic E-state index is 12.3. The van der Waals surface area contributed by atoms with Crippen molar-refractivity contribution in [1.82, 2.24) is 10.6 Å². The fourth-order valence-electron chi connectivity index (χ4n) is 2.10. The fourth-order valence-corrected chi connectivity index (χ4v) is 2.79. The summed E-state index contributed by atoms with van der Waals surface area (Å²) in [5.74, 6) is -0.731. The number of nitrogens with one attached hydrogen (secondary N) is 2. The Hall–Kier alpha value is -1.73. The van der Waals surface area contributed by atoms with Crippen LogP contribution in [-0.2, 0) is 14.3 Å². The molecule has 1 aliphatic carbocycles. The Kier molecular flexibility index (Phi) is 7.58. The smallest absolute Gasteiger partial charge is 0.329 e. The van der Waals surface area contributed by atoms with Gasteiger partial charge in [0.25, 0.3) is 11.8 Å². The number of hydrogen-bond acceptors (Lipinski definition) is 5. The quantitative estimate of drug-likeness (QED) is 0.636. The van der Waals surface area contributed by atoms with Gasteiger partial charge in [-0.1, -0.05) is 23.7 Å². The minimum absolute atomic E-state index is 0.207. The Morgan fingerprint density at radius 3 is 2.68 bits per heavy atom. The summed E-state index contributed by atoms with van der Waals surface area (Å²) >= 11 is 7.56. The molecular weight excluding hydrogens is 364 g/mol. The lowest BCUT2D eigenvalue weighted by molar-refractivity contribution is -0.150. The van der Waals surface area contributed by atoms with Crippen molar-refractivity contribution in [2.24, 2.45) is 0 Å². The van der Waals surface area contributed by atoms with Gasteiger partial charge in [-0.15, -0.1) is 0 Å². The number of hydrogen-bond donors (Lipinski definition) is 2. The summed E-state index contributed by atoms with van der Waals surface area (Å²) in [4.78, 5) is 36.2. The molecule has 0 aromatic heterocycles. The minimum atomic E-state index is -0.829. The molecule has 1 atom stereocenters. The van der Waals surface area contributed by atoms with E-state index in [1.54, 1.807) is 36.0 Å². The van der Waals surface area contributed by atoms with Gasteiger partial charge in [0.1, 0.15) is 6.04 Å². The van der Waals surface area contributed by atoms with Crippen LogP contribution in [0.4, 0.5) is 0 Å². The number of thioether (sulfide) groups is 1. The van der Waals surface area contributed by atoms with Gasteiger partial charge >= 0.3 is 5.97 Å². The average Bonchev–Trinajstić information content (AvgIpc) is 3.40. The van der Waals surface area contributed by atoms with Gasteiger partial charge in [-0.3, -0.25) is 9.59 Å². The van der Waals surface area contributed by atoms with E-state index >= 15 is 0 Å². The number of esters is 1. The SMILES string of the molecule is CSCC[C@@H](NC(=O)c1ccccc1Cl)C(=O)OCC(=O)NC1CC1. The molecule has 1 saturated carbocycles. The molecule has 25 heavy (non-hydrogen) atoms. The summed E-state index contributed by atoms with van der Waals surface area (Å²) < 4.78 is 5.05. The van der Waals surface area contributed by atoms with Gasteiger partial charge in [0.15, 0.2) is 6.61 Å². The second-order valence-electron chi connectivity index (χ2n) is 5.74. The molecule has 0 unspecified atom stereocenters. The van der Waals surface area contributed by atoms with Crippen LogP contribution in [0.3, 0.4) is 0 Å². The predicted octanol–water partition coefficient (Wildman–Crippen LogP) is 2.01. The molecule has 8 heteroatoms. The van der Waals surface area contributed by atoms with Crippen LogP contribution in [0.1, 0.15) is 29.6 Å². The van der Waals surface area contributed by atoms with Crippen LogP contribution < -0.4 is 10.6 Å². The first-order valence-corrected chi connectivity index (χ1v) is 9.78. The molecule has 2 rings (SSSR count). The Morgan fingerprint density at radius 2 is 2.04 bits per heavy atom. The van der Waals surface area contributed by atoms with Crippen LogP contribution in [0.25, 0.3) is 0 Å². The van der Waals surface area contributed by atoms with Crippen LogP contribution in [0.5, 0.6) is 0 Å². The van der Waals surface area contributed by atoms with Gasteiger partial charge in [0, 0.05) is 6.04 Å². The number of carbonyl (C=O) groups excluding carboxylic acids is 3. The van der Waals surface area contributed by atoms with Crippen molar-refractivity contribution in [3.05, 3.63) is 34.9 Å². The Balaban J connectivity index is 1.91. The molecule has 0 heterocycles. The van der Waals surface area contributed by atoms with E-state index in [2.05, 4.69) is 10.6 Å². The number of rotatable bonds is 9. The molecule has 0 radical (unpaired) electrons. The number of amides is 2. The van der Waals surface area contributed by atoms with E-state index in [1.165, 1.54) is 0 Å². The number of benzene rings is 1. The van der Waals surface area contributed by atoms with Crippen molar-refractivity contribution in [2.75, 3.05) is 18.6 Å². The molecule has 136 valence electrons. The van der Waals surface area contributed by atoms with Crippen LogP contribution in [0.2, 0.25) is 5.02 Å². The fraction of sp³-hybridized carbons (Fsp3) is 0.471. The van der Waals surface area contributed by atoms with Gasteiger partial charge in [0.2, 0.25) is 0 Å². The number of carbonyl (C=O) groups is 3. The first-order valence-electron chi connectivity index (χ1n) is 8.01. The second-order valence-corrected chi connectivity index (χ2v) is 7.13. The highest BCUT2D eigenvalue weighted by Crippen LogP contribution is 2.18. The lowest BCUT2D eigenvalue weighted by Crippen LogP contribution is -2.43. The lowest BCUT2D eigenvalue weighted by atomic mass is 10.1. The lowest BCUT2D eigenvalue weighted by Gasteiger charge is -2.17. The number of ether oxygens (including phenoxy) is 1. The van der Waals surface area contributed by atoms with Gasteiger partial charge in [-0.25, -0.2) is 4.79 Å². The molecule has 1 fully saturated rings. The molecular formula is C17H21ClN2O4S. The summed E-state index contributed by atoms with van der Waals surface area (Å²) in [5, 5.41) is 5.69. The Bertz CT molecular complexity index is 637. The topological polar surface area (TPSA) is 84.5 Å². The van der Waals surface area contributed by atoms with Gasteiger partial charge < -0.3 is 15.4 Å². The van der Waals surface area contributed by atoms with Crippen molar-refractivity contribution in [3.8, 4) is 0 Å². The van der Waals surface area contributed by atoms with E-state index in [-0.39, 0.29) is 24.1 Å². The van der Waals surface area contributed by atoms with Gasteiger partial charge in [-0.05, 0) is 43.4 Å². The second kappa shape index (κ2) is 9.68. The average molecular weight is 385 g/mol. The van der Waals surface area contributed by atoms with Gasteiger partial charge in [0.05, 0.1) is 10.6 Å². The molecule has 1 aromatic rings. The van der Waals surface area contributed by atoms with Gasteiger partial charge in [-0.2, -0.15) is 11.8 Å². The van der Waals surface area contributed by atoms with Crippen molar-refractivity contribution >= 4 is 41.1 Å². The zero-order chi connectivity index (χ0) is 18.2. The molecule has 6 nitrogen and oxygen atoms in total. The molecule has 0 spiro atoms. The van der Waals surface area contributed by atoms with Crippen LogP contribution in [0.15, 0.2) is 24.3 Å². The Morgan fingerprint density at radius 1 is 1.32 bits per heavy atom. The predicted molar refractivity (Wildman–Crippen MR) is 97.8 cm³/mol. The van der Waals surface area contributed by atoms with Crippen molar-refractivity contribution < 1.29 is 19.1 Å². The van der Waals surface area contributed by atoms with Crippen molar-refractivity contribution in [2.45, 2.75) is 31.3 Å². The van der Waals surface area contributed by atoms with Crippen molar-refractivity contribution in [3.63, 3.8) is 0 Å². The van der Waals surface area contributed by atoms with E-state index in [4.69, 9.17) is 16.3 Å². The zero-order valence-corrected chi connectivity index (χ0v) is 15.5. The van der Waals surface area contributed by atoms with E-state index < -0.39 is 17.9 Å². The van der Waals surface area contributed by atoms with E-state index in [9.17, 15) is 14.4 Å². The maximum atomic E-state index is 12.3. The highest BCUT2D eigenvalue weighted by atomic mass is 35.5. The summed E-state index contributed by atoms with van der Waals surface area (Å²) in [5.41, 5.74) is 0.289. The minimum Gasteiger partial charge on any atom is -0.454 e. The van der Waals surface area contributed by atoms with E-state index in [0.29, 0.717) is 17.2 Å². The van der Waals surface area contributed by atoms with E-state index in [1.807, 2.05) is 6.26 Å². The molecule has 1 aromatic carbocycles. The van der Waals surface area contributed by atoms with Crippen LogP contribution >= 0.6 is 23.4 Å². The van der Waals surface area contributed by atoms with E-state index in [0.717, 1.165) is 12.8 Å². The van der Waals surface area contributed by atoms with Crippen LogP contribution in [0, 0.1) is 0 Å². The monoisotopic (exact) mass is 384 g/mol. The Labute approximate surface area is 156 Å². The maximum Gasteiger partial charge on any atom is 0.329 e. The standard InChI is InChI=1S/C17H21ClN2O4S/c1-25-9-8-14(17(23)24-10-15(21)19-11-6-7-11)20-16(22)12-4-2-3-5-13(12)18/h2-5,11,14H,6-10H2,1H3,(H,19,21)(H,20,22)/t14-/m1/s1. The highest BCUT2D eigenvalue weighted by Gasteiger charge is 2.26. The number of halogens is 1. The molecule has 0 bridgehead atoms. The summed E-state index contributed by atoms with van der Waals surface area (Å²) in [6.07, 6.45) is 4.23. The third-order valence-electron chi connectivity index (χ3n) is 3.61. The molecule has 1 aliphatic rings. The first kappa shape index (κ1) is 19.6.